The van der Waals surface area contributed by atoms with Gasteiger partial charge in [-0.05, 0) is 19.1 Å². The van der Waals surface area contributed by atoms with Gasteiger partial charge in [-0.25, -0.2) is 5.48 Å². The lowest BCUT2D eigenvalue weighted by Gasteiger charge is -2.26. The third kappa shape index (κ3) is 3.29. The van der Waals surface area contributed by atoms with Crippen LogP contribution in [-0.2, 0) is 22.5 Å². The minimum absolute atomic E-state index is 0.0150. The minimum Gasteiger partial charge on any atom is -0.491 e. The molecule has 2 aromatic rings. The highest BCUT2D eigenvalue weighted by molar-refractivity contribution is 5.84. The van der Waals surface area contributed by atoms with Crippen LogP contribution in [0.3, 0.4) is 0 Å². The molecule has 1 aliphatic heterocycles. The number of ether oxygens (including phenoxy) is 2. The number of aromatic nitrogens is 2. The fraction of sp³-hybridized carbons (Fsp3) is 0.467. The van der Waals surface area contributed by atoms with Crippen molar-refractivity contribution in [1.82, 2.24) is 15.3 Å². The van der Waals surface area contributed by atoms with Gasteiger partial charge in [0.1, 0.15) is 19.0 Å². The Morgan fingerprint density at radius 2 is 2.48 bits per heavy atom. The average molecular weight is 320 g/mol. The number of nitrogens with zero attached hydrogens (tertiary/aromatic N) is 2. The van der Waals surface area contributed by atoms with Crippen LogP contribution in [0.5, 0.6) is 5.75 Å². The normalized spacial score (nSPS) is 18.3. The first-order valence-corrected chi connectivity index (χ1v) is 7.48. The molecule has 8 nitrogen and oxygen atoms in total. The molecule has 4 N–H and O–H groups in total. The van der Waals surface area contributed by atoms with Crippen LogP contribution in [0, 0.1) is 0 Å². The van der Waals surface area contributed by atoms with E-state index in [2.05, 4.69) is 5.10 Å². The quantitative estimate of drug-likeness (QED) is 0.536. The summed E-state index contributed by atoms with van der Waals surface area (Å²) in [6.45, 7) is 2.69. The zero-order valence-electron chi connectivity index (χ0n) is 12.9. The molecule has 3 rings (SSSR count). The average Bonchev–Trinajstić information content (AvgIpc) is 2.95. The van der Waals surface area contributed by atoms with Crippen LogP contribution in [0.1, 0.15) is 12.5 Å². The molecule has 8 heteroatoms. The number of amides is 1. The summed E-state index contributed by atoms with van der Waals surface area (Å²) in [4.78, 5) is 11.1. The number of carbonyl (C=O) groups is 1. The molecule has 23 heavy (non-hydrogen) atoms. The Balaban J connectivity index is 1.87. The molecule has 1 aromatic carbocycles. The van der Waals surface area contributed by atoms with Crippen molar-refractivity contribution in [1.29, 1.82) is 0 Å². The summed E-state index contributed by atoms with van der Waals surface area (Å²) < 4.78 is 13.1. The number of carbonyl (C=O) groups excluding carboxylic acids is 1. The topological polar surface area (TPSA) is 112 Å². The highest BCUT2D eigenvalue weighted by Gasteiger charge is 2.25. The van der Waals surface area contributed by atoms with Crippen molar-refractivity contribution < 1.29 is 19.5 Å². The Morgan fingerprint density at radius 1 is 1.65 bits per heavy atom. The highest BCUT2D eigenvalue weighted by atomic mass is 16.5. The zero-order valence-corrected chi connectivity index (χ0v) is 12.9. The molecular formula is C15H20N4O4. The minimum atomic E-state index is -0.587. The van der Waals surface area contributed by atoms with Crippen molar-refractivity contribution in [2.24, 2.45) is 5.73 Å². The number of nitrogens with two attached hydrogens (primary N) is 1. The molecule has 0 radical (unpaired) electrons. The molecule has 2 atom stereocenters. The molecule has 0 spiro atoms. The highest BCUT2D eigenvalue weighted by Crippen LogP contribution is 2.32. The SMILES string of the molecule is CC(N)Cn1ncc2ccc3c(c21)CC(OCC(=O)NO)CO3. The molecule has 124 valence electrons. The van der Waals surface area contributed by atoms with Crippen molar-refractivity contribution in [3.8, 4) is 5.75 Å². The summed E-state index contributed by atoms with van der Waals surface area (Å²) in [5, 5.41) is 13.9. The molecule has 2 heterocycles. The maximum atomic E-state index is 11.1. The number of benzene rings is 1. The van der Waals surface area contributed by atoms with E-state index in [4.69, 9.17) is 20.4 Å². The lowest BCUT2D eigenvalue weighted by Crippen LogP contribution is -2.33. The van der Waals surface area contributed by atoms with Gasteiger partial charge in [-0.3, -0.25) is 14.7 Å². The molecule has 0 bridgehead atoms. The van der Waals surface area contributed by atoms with Gasteiger partial charge >= 0.3 is 0 Å². The van der Waals surface area contributed by atoms with Gasteiger partial charge in [0.05, 0.1) is 24.4 Å². The van der Waals surface area contributed by atoms with E-state index in [0.717, 1.165) is 22.2 Å². The van der Waals surface area contributed by atoms with Gasteiger partial charge in [0.15, 0.2) is 0 Å². The van der Waals surface area contributed by atoms with E-state index in [9.17, 15) is 4.79 Å². The van der Waals surface area contributed by atoms with Crippen LogP contribution in [0.2, 0.25) is 0 Å². The summed E-state index contributed by atoms with van der Waals surface area (Å²) in [7, 11) is 0. The van der Waals surface area contributed by atoms with E-state index in [1.165, 1.54) is 0 Å². The molecule has 1 aromatic heterocycles. The van der Waals surface area contributed by atoms with Crippen molar-refractivity contribution in [3.05, 3.63) is 23.9 Å². The van der Waals surface area contributed by atoms with Crippen molar-refractivity contribution >= 4 is 16.8 Å². The standard InChI is InChI=1S/C15H20N4O4/c1-9(16)6-19-15-10(5-17-19)2-3-13-12(15)4-11(7-23-13)22-8-14(20)18-21/h2-3,5,9,11,21H,4,6-8,16H2,1H3,(H,18,20). The molecule has 1 aliphatic rings. The molecule has 0 fully saturated rings. The predicted molar refractivity (Wildman–Crippen MR) is 82.3 cm³/mol. The molecule has 0 aliphatic carbocycles. The molecular weight excluding hydrogens is 300 g/mol. The first-order chi connectivity index (χ1) is 11.1. The Morgan fingerprint density at radius 3 is 3.22 bits per heavy atom. The van der Waals surface area contributed by atoms with Crippen molar-refractivity contribution in [2.75, 3.05) is 13.2 Å². The summed E-state index contributed by atoms with van der Waals surface area (Å²) in [6.07, 6.45) is 2.15. The van der Waals surface area contributed by atoms with Crippen LogP contribution in [-0.4, -0.2) is 46.3 Å². The van der Waals surface area contributed by atoms with Gasteiger partial charge < -0.3 is 15.2 Å². The molecule has 0 saturated heterocycles. The van der Waals surface area contributed by atoms with Crippen LogP contribution in [0.25, 0.3) is 10.9 Å². The zero-order chi connectivity index (χ0) is 16.4. The van der Waals surface area contributed by atoms with Gasteiger partial charge in [-0.15, -0.1) is 0 Å². The summed E-state index contributed by atoms with van der Waals surface area (Å²) in [5.41, 5.74) is 9.42. The predicted octanol–water partition coefficient (Wildman–Crippen LogP) is 0.209. The second-order valence-electron chi connectivity index (χ2n) is 5.77. The van der Waals surface area contributed by atoms with Crippen LogP contribution >= 0.6 is 0 Å². The van der Waals surface area contributed by atoms with E-state index in [1.807, 2.05) is 29.9 Å². The lowest BCUT2D eigenvalue weighted by atomic mass is 10.0. The second-order valence-corrected chi connectivity index (χ2v) is 5.77. The van der Waals surface area contributed by atoms with Gasteiger partial charge in [0, 0.05) is 23.4 Å². The van der Waals surface area contributed by atoms with E-state index >= 15 is 0 Å². The Labute approximate surface area is 133 Å². The monoisotopic (exact) mass is 320 g/mol. The number of hydrogen-bond acceptors (Lipinski definition) is 6. The Bertz CT molecular complexity index is 713. The van der Waals surface area contributed by atoms with E-state index < -0.39 is 5.91 Å². The summed E-state index contributed by atoms with van der Waals surface area (Å²) in [5.74, 6) is 0.214. The lowest BCUT2D eigenvalue weighted by molar-refractivity contribution is -0.136. The molecule has 0 saturated carbocycles. The first-order valence-electron chi connectivity index (χ1n) is 7.48. The first kappa shape index (κ1) is 15.7. The molecule has 2 unspecified atom stereocenters. The number of hydrogen-bond donors (Lipinski definition) is 3. The summed E-state index contributed by atoms with van der Waals surface area (Å²) >= 11 is 0. The van der Waals surface area contributed by atoms with Crippen LogP contribution < -0.4 is 16.0 Å². The van der Waals surface area contributed by atoms with Crippen molar-refractivity contribution in [3.63, 3.8) is 0 Å². The third-order valence-electron chi connectivity index (χ3n) is 3.76. The fourth-order valence-electron chi connectivity index (χ4n) is 2.78. The van der Waals surface area contributed by atoms with Gasteiger partial charge in [-0.2, -0.15) is 5.10 Å². The smallest absolute Gasteiger partial charge is 0.269 e. The third-order valence-corrected chi connectivity index (χ3v) is 3.76. The van der Waals surface area contributed by atoms with Crippen LogP contribution in [0.4, 0.5) is 0 Å². The Hall–Kier alpha value is -2.16. The van der Waals surface area contributed by atoms with Crippen LogP contribution in [0.15, 0.2) is 18.3 Å². The summed E-state index contributed by atoms with van der Waals surface area (Å²) in [6, 6.07) is 3.88. The van der Waals surface area contributed by atoms with E-state index in [-0.39, 0.29) is 18.8 Å². The largest absolute Gasteiger partial charge is 0.491 e. The van der Waals surface area contributed by atoms with Gasteiger partial charge in [-0.1, -0.05) is 0 Å². The molecule has 1 amide bonds. The van der Waals surface area contributed by atoms with E-state index in [0.29, 0.717) is 19.6 Å². The van der Waals surface area contributed by atoms with Crippen molar-refractivity contribution in [2.45, 2.75) is 32.0 Å². The number of fused-ring (bicyclic) bond motifs is 3. The number of nitrogens with one attached hydrogen (secondary N) is 1. The van der Waals surface area contributed by atoms with E-state index in [1.54, 1.807) is 5.48 Å². The second kappa shape index (κ2) is 6.53. The van der Waals surface area contributed by atoms with Gasteiger partial charge in [0.2, 0.25) is 0 Å². The number of rotatable bonds is 5. The number of hydroxylamine groups is 1. The maximum Gasteiger partial charge on any atom is 0.269 e. The Kier molecular flexibility index (Phi) is 4.46. The maximum absolute atomic E-state index is 11.1. The fourth-order valence-corrected chi connectivity index (χ4v) is 2.78. The van der Waals surface area contributed by atoms with Gasteiger partial charge in [0.25, 0.3) is 5.91 Å².